The summed E-state index contributed by atoms with van der Waals surface area (Å²) < 4.78 is 13.5. The summed E-state index contributed by atoms with van der Waals surface area (Å²) in [5.41, 5.74) is 0.0619. The van der Waals surface area contributed by atoms with Crippen LogP contribution in [0.3, 0.4) is 0 Å². The van der Waals surface area contributed by atoms with Crippen molar-refractivity contribution in [1.29, 1.82) is 0 Å². The van der Waals surface area contributed by atoms with E-state index in [9.17, 15) is 24.6 Å². The molecular formula is C14H11FN2O4. The largest absolute Gasteiger partial charge is 0.307 e. The number of para-hydroxylation sites is 2. The van der Waals surface area contributed by atoms with Crippen molar-refractivity contribution in [3.05, 3.63) is 79.6 Å². The summed E-state index contributed by atoms with van der Waals surface area (Å²) in [4.78, 5) is 20.5. The third-order valence-electron chi connectivity index (χ3n) is 3.10. The van der Waals surface area contributed by atoms with Crippen LogP contribution in [0.5, 0.6) is 0 Å². The predicted octanol–water partition coefficient (Wildman–Crippen LogP) is 3.43. The van der Waals surface area contributed by atoms with Gasteiger partial charge in [0.1, 0.15) is 0 Å². The van der Waals surface area contributed by atoms with Crippen molar-refractivity contribution in [2.45, 2.75) is 12.8 Å². The van der Waals surface area contributed by atoms with Crippen LogP contribution in [0.1, 0.15) is 11.1 Å². The fourth-order valence-electron chi connectivity index (χ4n) is 2.14. The number of hydrogen-bond acceptors (Lipinski definition) is 4. The van der Waals surface area contributed by atoms with Crippen molar-refractivity contribution in [3.63, 3.8) is 0 Å². The van der Waals surface area contributed by atoms with Gasteiger partial charge >= 0.3 is 5.69 Å². The lowest BCUT2D eigenvalue weighted by Gasteiger charge is -2.05. The molecule has 0 aliphatic carbocycles. The Kier molecular flexibility index (Phi) is 4.22. The van der Waals surface area contributed by atoms with Gasteiger partial charge in [-0.25, -0.2) is 0 Å². The second-order valence-electron chi connectivity index (χ2n) is 4.39. The van der Waals surface area contributed by atoms with Crippen molar-refractivity contribution < 1.29 is 14.2 Å². The van der Waals surface area contributed by atoms with Crippen LogP contribution in [0.2, 0.25) is 0 Å². The van der Waals surface area contributed by atoms with Crippen LogP contribution in [0.15, 0.2) is 42.5 Å². The molecule has 108 valence electrons. The summed E-state index contributed by atoms with van der Waals surface area (Å²) in [5.74, 6) is -0.903. The number of nitro groups is 2. The molecule has 2 rings (SSSR count). The Morgan fingerprint density at radius 2 is 1.48 bits per heavy atom. The first-order valence-corrected chi connectivity index (χ1v) is 6.14. The first-order valence-electron chi connectivity index (χ1n) is 6.14. The molecule has 2 aromatic carbocycles. The Balaban J connectivity index is 2.28. The van der Waals surface area contributed by atoms with E-state index >= 15 is 0 Å². The molecule has 0 bridgehead atoms. The zero-order valence-electron chi connectivity index (χ0n) is 10.9. The minimum Gasteiger partial charge on any atom is -0.258 e. The SMILES string of the molecule is O=[N+]([O-])c1ccccc1CCc1cccc(F)c1[N+](=O)[O-]. The highest BCUT2D eigenvalue weighted by Gasteiger charge is 2.20. The lowest BCUT2D eigenvalue weighted by atomic mass is 10.0. The summed E-state index contributed by atoms with van der Waals surface area (Å²) in [6, 6.07) is 10.0. The van der Waals surface area contributed by atoms with Gasteiger partial charge in [0.25, 0.3) is 5.69 Å². The van der Waals surface area contributed by atoms with Crippen LogP contribution in [0, 0.1) is 26.0 Å². The molecule has 0 atom stereocenters. The van der Waals surface area contributed by atoms with E-state index in [1.807, 2.05) is 0 Å². The zero-order valence-corrected chi connectivity index (χ0v) is 10.9. The van der Waals surface area contributed by atoms with Crippen LogP contribution < -0.4 is 0 Å². The predicted molar refractivity (Wildman–Crippen MR) is 73.6 cm³/mol. The molecule has 0 N–H and O–H groups in total. The van der Waals surface area contributed by atoms with E-state index < -0.39 is 21.4 Å². The highest BCUT2D eigenvalue weighted by molar-refractivity contribution is 5.44. The Bertz CT molecular complexity index is 703. The van der Waals surface area contributed by atoms with E-state index in [0.29, 0.717) is 5.56 Å². The Labute approximate surface area is 119 Å². The fraction of sp³-hybridized carbons (Fsp3) is 0.143. The van der Waals surface area contributed by atoms with Crippen molar-refractivity contribution in [2.75, 3.05) is 0 Å². The lowest BCUT2D eigenvalue weighted by Crippen LogP contribution is -2.02. The molecule has 0 saturated heterocycles. The molecule has 0 unspecified atom stereocenters. The zero-order chi connectivity index (χ0) is 15.4. The lowest BCUT2D eigenvalue weighted by molar-refractivity contribution is -0.388. The topological polar surface area (TPSA) is 86.3 Å². The summed E-state index contributed by atoms with van der Waals surface area (Å²) >= 11 is 0. The normalized spacial score (nSPS) is 10.3. The number of nitrogens with zero attached hydrogens (tertiary/aromatic N) is 2. The first-order chi connectivity index (χ1) is 10.0. The Morgan fingerprint density at radius 3 is 2.14 bits per heavy atom. The number of rotatable bonds is 5. The standard InChI is InChI=1S/C14H11FN2O4/c15-12-6-3-5-11(14(12)17(20)21)9-8-10-4-1-2-7-13(10)16(18)19/h1-7H,8-9H2. The molecule has 0 aliphatic rings. The molecule has 0 aromatic heterocycles. The highest BCUT2D eigenvalue weighted by atomic mass is 19.1. The van der Waals surface area contributed by atoms with Crippen LogP contribution in [-0.4, -0.2) is 9.85 Å². The van der Waals surface area contributed by atoms with Crippen LogP contribution in [-0.2, 0) is 12.8 Å². The number of halogens is 1. The average Bonchev–Trinajstić information content (AvgIpc) is 2.44. The smallest absolute Gasteiger partial charge is 0.258 e. The summed E-state index contributed by atoms with van der Waals surface area (Å²) in [6.45, 7) is 0. The van der Waals surface area contributed by atoms with Crippen molar-refractivity contribution in [2.24, 2.45) is 0 Å². The summed E-state index contributed by atoms with van der Waals surface area (Å²) in [5, 5.41) is 21.8. The third-order valence-corrected chi connectivity index (χ3v) is 3.10. The molecule has 21 heavy (non-hydrogen) atoms. The van der Waals surface area contributed by atoms with Crippen LogP contribution in [0.4, 0.5) is 15.8 Å². The van der Waals surface area contributed by atoms with Crippen molar-refractivity contribution in [1.82, 2.24) is 0 Å². The maximum Gasteiger partial charge on any atom is 0.307 e. The van der Waals surface area contributed by atoms with Crippen LogP contribution in [0.25, 0.3) is 0 Å². The summed E-state index contributed by atoms with van der Waals surface area (Å²) in [7, 11) is 0. The minimum atomic E-state index is -0.903. The number of benzene rings is 2. The van der Waals surface area contributed by atoms with Gasteiger partial charge in [0.15, 0.2) is 0 Å². The van der Waals surface area contributed by atoms with E-state index in [-0.39, 0.29) is 24.1 Å². The fourth-order valence-corrected chi connectivity index (χ4v) is 2.14. The van der Waals surface area contributed by atoms with Gasteiger partial charge in [-0.1, -0.05) is 30.3 Å². The maximum atomic E-state index is 13.5. The average molecular weight is 290 g/mol. The van der Waals surface area contributed by atoms with Crippen molar-refractivity contribution in [3.8, 4) is 0 Å². The second-order valence-corrected chi connectivity index (χ2v) is 4.39. The number of aryl methyl sites for hydroxylation is 2. The number of nitro benzene ring substituents is 2. The first kappa shape index (κ1) is 14.6. The van der Waals surface area contributed by atoms with Crippen LogP contribution >= 0.6 is 0 Å². The van der Waals surface area contributed by atoms with E-state index in [0.717, 1.165) is 6.07 Å². The van der Waals surface area contributed by atoms with Gasteiger partial charge in [-0.3, -0.25) is 20.2 Å². The van der Waals surface area contributed by atoms with Gasteiger partial charge in [-0.15, -0.1) is 0 Å². The molecule has 0 aliphatic heterocycles. The molecular weight excluding hydrogens is 279 g/mol. The van der Waals surface area contributed by atoms with Gasteiger partial charge in [-0.05, 0) is 18.9 Å². The molecule has 2 aromatic rings. The van der Waals surface area contributed by atoms with Gasteiger partial charge < -0.3 is 0 Å². The molecule has 6 nitrogen and oxygen atoms in total. The van der Waals surface area contributed by atoms with E-state index in [4.69, 9.17) is 0 Å². The maximum absolute atomic E-state index is 13.5. The summed E-state index contributed by atoms with van der Waals surface area (Å²) in [6.07, 6.45) is 0.375. The van der Waals surface area contributed by atoms with Gasteiger partial charge in [-0.2, -0.15) is 4.39 Å². The molecule has 7 heteroatoms. The molecule has 0 fully saturated rings. The monoisotopic (exact) mass is 290 g/mol. The molecule has 0 amide bonds. The second kappa shape index (κ2) is 6.08. The minimum absolute atomic E-state index is 0.0449. The van der Waals surface area contributed by atoms with E-state index in [2.05, 4.69) is 0 Å². The highest BCUT2D eigenvalue weighted by Crippen LogP contribution is 2.25. The Morgan fingerprint density at radius 1 is 0.857 bits per heavy atom. The molecule has 0 radical (unpaired) electrons. The van der Waals surface area contributed by atoms with Gasteiger partial charge in [0.2, 0.25) is 5.82 Å². The Hall–Kier alpha value is -2.83. The van der Waals surface area contributed by atoms with Crippen molar-refractivity contribution >= 4 is 11.4 Å². The molecule has 0 saturated carbocycles. The molecule has 0 heterocycles. The third kappa shape index (κ3) is 3.19. The van der Waals surface area contributed by atoms with Gasteiger partial charge in [0.05, 0.1) is 9.85 Å². The molecule has 0 spiro atoms. The van der Waals surface area contributed by atoms with E-state index in [1.54, 1.807) is 18.2 Å². The van der Waals surface area contributed by atoms with Gasteiger partial charge in [0, 0.05) is 17.2 Å². The quantitative estimate of drug-likeness (QED) is 0.623. The van der Waals surface area contributed by atoms with E-state index in [1.165, 1.54) is 18.2 Å². The number of hydrogen-bond donors (Lipinski definition) is 0.